The molecule has 0 aromatic heterocycles. The largest absolute Gasteiger partial charge is 0.314 e. The minimum absolute atomic E-state index is 0.784. The Balaban J connectivity index is 2.41. The molecule has 0 radical (unpaired) electrons. The number of hydrogen-bond donors (Lipinski definition) is 1. The zero-order valence-electron chi connectivity index (χ0n) is 11.3. The van der Waals surface area contributed by atoms with Crippen molar-refractivity contribution in [1.29, 1.82) is 0 Å². The third-order valence-electron chi connectivity index (χ3n) is 4.07. The van der Waals surface area contributed by atoms with E-state index < -0.39 is 0 Å². The van der Waals surface area contributed by atoms with Crippen molar-refractivity contribution in [2.45, 2.75) is 58.4 Å². The van der Waals surface area contributed by atoms with Crippen LogP contribution in [0.15, 0.2) is 0 Å². The Labute approximate surface area is 106 Å². The summed E-state index contributed by atoms with van der Waals surface area (Å²) in [5, 5.41) is 3.72. The summed E-state index contributed by atoms with van der Waals surface area (Å²) in [4.78, 5) is 0. The highest BCUT2D eigenvalue weighted by Crippen LogP contribution is 2.33. The van der Waals surface area contributed by atoms with E-state index in [4.69, 9.17) is 0 Å². The number of hydrogen-bond acceptors (Lipinski definition) is 2. The van der Waals surface area contributed by atoms with E-state index in [1.165, 1.54) is 44.3 Å². The molecule has 0 aromatic carbocycles. The zero-order valence-corrected chi connectivity index (χ0v) is 12.1. The molecule has 0 saturated heterocycles. The normalized spacial score (nSPS) is 27.9. The van der Waals surface area contributed by atoms with Gasteiger partial charge in [0.15, 0.2) is 0 Å². The van der Waals surface area contributed by atoms with Crippen molar-refractivity contribution in [3.63, 3.8) is 0 Å². The van der Waals surface area contributed by atoms with Crippen LogP contribution in [0.25, 0.3) is 0 Å². The van der Waals surface area contributed by atoms with E-state index in [1.54, 1.807) is 0 Å². The first kappa shape index (κ1) is 14.4. The molecule has 0 aromatic rings. The molecule has 0 heterocycles. The van der Waals surface area contributed by atoms with Gasteiger partial charge in [0.1, 0.15) is 0 Å². The van der Waals surface area contributed by atoms with Gasteiger partial charge in [0, 0.05) is 6.04 Å². The Kier molecular flexibility index (Phi) is 7.55. The van der Waals surface area contributed by atoms with Gasteiger partial charge in [0.05, 0.1) is 0 Å². The van der Waals surface area contributed by atoms with Gasteiger partial charge in [-0.3, -0.25) is 0 Å². The van der Waals surface area contributed by atoms with Crippen LogP contribution in [-0.4, -0.2) is 24.6 Å². The Morgan fingerprint density at radius 1 is 1.31 bits per heavy atom. The van der Waals surface area contributed by atoms with Crippen LogP contribution in [-0.2, 0) is 0 Å². The molecule has 96 valence electrons. The van der Waals surface area contributed by atoms with E-state index in [2.05, 4.69) is 25.4 Å². The summed E-state index contributed by atoms with van der Waals surface area (Å²) < 4.78 is 0. The van der Waals surface area contributed by atoms with E-state index in [0.29, 0.717) is 0 Å². The van der Waals surface area contributed by atoms with Gasteiger partial charge in [0.25, 0.3) is 0 Å². The third-order valence-corrected chi connectivity index (χ3v) is 4.71. The van der Waals surface area contributed by atoms with Crippen LogP contribution in [0.3, 0.4) is 0 Å². The zero-order chi connectivity index (χ0) is 11.8. The summed E-state index contributed by atoms with van der Waals surface area (Å²) in [6.07, 6.45) is 10.8. The Hall–Kier alpha value is 0.310. The average Bonchev–Trinajstić information content (AvgIpc) is 2.34. The summed E-state index contributed by atoms with van der Waals surface area (Å²) >= 11 is 1.99. The van der Waals surface area contributed by atoms with Crippen molar-refractivity contribution >= 4 is 11.8 Å². The second-order valence-corrected chi connectivity index (χ2v) is 6.13. The summed E-state index contributed by atoms with van der Waals surface area (Å²) in [5.74, 6) is 3.27. The van der Waals surface area contributed by atoms with Gasteiger partial charge in [-0.05, 0) is 49.7 Å². The van der Waals surface area contributed by atoms with Crippen molar-refractivity contribution in [1.82, 2.24) is 5.32 Å². The van der Waals surface area contributed by atoms with Gasteiger partial charge in [-0.15, -0.1) is 0 Å². The van der Waals surface area contributed by atoms with Gasteiger partial charge in [-0.25, -0.2) is 0 Å². The van der Waals surface area contributed by atoms with Crippen LogP contribution in [0.1, 0.15) is 52.4 Å². The monoisotopic (exact) mass is 243 g/mol. The summed E-state index contributed by atoms with van der Waals surface area (Å²) in [7, 11) is 0. The van der Waals surface area contributed by atoms with E-state index in [9.17, 15) is 0 Å². The molecule has 0 aliphatic heterocycles. The fourth-order valence-electron chi connectivity index (χ4n) is 3.08. The molecule has 2 heteroatoms. The van der Waals surface area contributed by atoms with Crippen LogP contribution >= 0.6 is 11.8 Å². The molecule has 1 aliphatic carbocycles. The van der Waals surface area contributed by atoms with E-state index in [1.807, 2.05) is 11.8 Å². The number of rotatable bonds is 7. The standard InChI is InChI=1S/C14H29NS/c1-4-12-7-6-8-13(11-12)14(15-5-2)9-10-16-3/h12-15H,4-11H2,1-3H3. The van der Waals surface area contributed by atoms with E-state index in [-0.39, 0.29) is 0 Å². The molecule has 3 atom stereocenters. The van der Waals surface area contributed by atoms with E-state index >= 15 is 0 Å². The maximum atomic E-state index is 3.72. The lowest BCUT2D eigenvalue weighted by atomic mass is 9.76. The molecule has 1 fully saturated rings. The van der Waals surface area contributed by atoms with Crippen LogP contribution in [0, 0.1) is 11.8 Å². The van der Waals surface area contributed by atoms with Crippen molar-refractivity contribution in [3.8, 4) is 0 Å². The van der Waals surface area contributed by atoms with Crippen molar-refractivity contribution in [2.75, 3.05) is 18.6 Å². The molecule has 1 nitrogen and oxygen atoms in total. The first-order valence-electron chi connectivity index (χ1n) is 7.04. The second kappa shape index (κ2) is 8.41. The predicted octanol–water partition coefficient (Wildman–Crippen LogP) is 3.93. The molecule has 16 heavy (non-hydrogen) atoms. The molecule has 1 aliphatic rings. The summed E-state index contributed by atoms with van der Waals surface area (Å²) in [6.45, 7) is 5.73. The van der Waals surface area contributed by atoms with Crippen LogP contribution in [0.2, 0.25) is 0 Å². The first-order valence-corrected chi connectivity index (χ1v) is 8.43. The highest BCUT2D eigenvalue weighted by Gasteiger charge is 2.26. The Bertz CT molecular complexity index is 170. The molecule has 1 saturated carbocycles. The average molecular weight is 243 g/mol. The quantitative estimate of drug-likeness (QED) is 0.727. The van der Waals surface area contributed by atoms with Gasteiger partial charge in [-0.2, -0.15) is 11.8 Å². The highest BCUT2D eigenvalue weighted by molar-refractivity contribution is 7.98. The molecule has 1 rings (SSSR count). The molecule has 0 bridgehead atoms. The van der Waals surface area contributed by atoms with Crippen molar-refractivity contribution in [2.24, 2.45) is 11.8 Å². The van der Waals surface area contributed by atoms with Gasteiger partial charge < -0.3 is 5.32 Å². The number of thioether (sulfide) groups is 1. The Morgan fingerprint density at radius 2 is 2.12 bits per heavy atom. The summed E-state index contributed by atoms with van der Waals surface area (Å²) in [5.41, 5.74) is 0. The minimum atomic E-state index is 0.784. The van der Waals surface area contributed by atoms with Gasteiger partial charge in [-0.1, -0.05) is 33.1 Å². The molecule has 0 spiro atoms. The molecule has 3 unspecified atom stereocenters. The molecule has 1 N–H and O–H groups in total. The Morgan fingerprint density at radius 3 is 2.75 bits per heavy atom. The lowest BCUT2D eigenvalue weighted by Crippen LogP contribution is -2.39. The second-order valence-electron chi connectivity index (χ2n) is 5.15. The van der Waals surface area contributed by atoms with Gasteiger partial charge in [0.2, 0.25) is 0 Å². The first-order chi connectivity index (χ1) is 7.81. The minimum Gasteiger partial charge on any atom is -0.314 e. The lowest BCUT2D eigenvalue weighted by molar-refractivity contribution is 0.207. The maximum absolute atomic E-state index is 3.72. The fraction of sp³-hybridized carbons (Fsp3) is 1.00. The fourth-order valence-corrected chi connectivity index (χ4v) is 3.57. The van der Waals surface area contributed by atoms with Crippen molar-refractivity contribution < 1.29 is 0 Å². The number of nitrogens with one attached hydrogen (secondary N) is 1. The third kappa shape index (κ3) is 4.67. The molecular weight excluding hydrogens is 214 g/mol. The van der Waals surface area contributed by atoms with Crippen LogP contribution in [0.5, 0.6) is 0 Å². The SMILES string of the molecule is CCNC(CCSC)C1CCCC(CC)C1. The van der Waals surface area contributed by atoms with Crippen molar-refractivity contribution in [3.05, 3.63) is 0 Å². The highest BCUT2D eigenvalue weighted by atomic mass is 32.2. The molecule has 0 amide bonds. The van der Waals surface area contributed by atoms with Crippen LogP contribution in [0.4, 0.5) is 0 Å². The topological polar surface area (TPSA) is 12.0 Å². The van der Waals surface area contributed by atoms with E-state index in [0.717, 1.165) is 24.4 Å². The lowest BCUT2D eigenvalue weighted by Gasteiger charge is -2.34. The van der Waals surface area contributed by atoms with Crippen LogP contribution < -0.4 is 5.32 Å². The smallest absolute Gasteiger partial charge is 0.0103 e. The summed E-state index contributed by atoms with van der Waals surface area (Å²) in [6, 6.07) is 0.784. The van der Waals surface area contributed by atoms with Gasteiger partial charge >= 0.3 is 0 Å². The molecular formula is C14H29NS. The maximum Gasteiger partial charge on any atom is 0.0103 e. The predicted molar refractivity (Wildman–Crippen MR) is 76.2 cm³/mol.